The van der Waals surface area contributed by atoms with Crippen LogP contribution in [0.25, 0.3) is 0 Å². The van der Waals surface area contributed by atoms with Crippen molar-refractivity contribution >= 4 is 12.4 Å². The molecular formula is C7H14ClN. The molecule has 2 N–H and O–H groups in total. The molecule has 0 aliphatic heterocycles. The summed E-state index contributed by atoms with van der Waals surface area (Å²) in [6.07, 6.45) is 4.45. The van der Waals surface area contributed by atoms with E-state index in [0.29, 0.717) is 0 Å². The lowest BCUT2D eigenvalue weighted by molar-refractivity contribution is 0.633. The highest BCUT2D eigenvalue weighted by atomic mass is 35.5. The van der Waals surface area contributed by atoms with Gasteiger partial charge in [-0.25, -0.2) is 0 Å². The molecule has 54 valence electrons. The van der Waals surface area contributed by atoms with E-state index in [2.05, 4.69) is 0 Å². The smallest absolute Gasteiger partial charge is 0.00460 e. The molecule has 2 heteroatoms. The van der Waals surface area contributed by atoms with E-state index in [1.807, 2.05) is 0 Å². The molecule has 2 fully saturated rings. The van der Waals surface area contributed by atoms with E-state index in [4.69, 9.17) is 5.73 Å². The molecule has 2 rings (SSSR count). The second-order valence-corrected chi connectivity index (χ2v) is 3.23. The lowest BCUT2D eigenvalue weighted by Gasteiger charge is -1.88. The number of hydrogen-bond donors (Lipinski definition) is 1. The molecule has 0 aromatic rings. The third kappa shape index (κ3) is 1.39. The summed E-state index contributed by atoms with van der Waals surface area (Å²) >= 11 is 0. The van der Waals surface area contributed by atoms with Crippen molar-refractivity contribution in [2.75, 3.05) is 6.54 Å². The predicted molar refractivity (Wildman–Crippen MR) is 40.6 cm³/mol. The van der Waals surface area contributed by atoms with Crippen LogP contribution in [0.15, 0.2) is 0 Å². The van der Waals surface area contributed by atoms with E-state index < -0.39 is 0 Å². The van der Waals surface area contributed by atoms with Gasteiger partial charge in [-0.1, -0.05) is 0 Å². The topological polar surface area (TPSA) is 26.0 Å². The average Bonchev–Trinajstić information content (AvgIpc) is 2.62. The van der Waals surface area contributed by atoms with Crippen LogP contribution in [0.4, 0.5) is 0 Å². The molecule has 2 aliphatic carbocycles. The van der Waals surface area contributed by atoms with Gasteiger partial charge in [0.1, 0.15) is 0 Å². The van der Waals surface area contributed by atoms with Gasteiger partial charge in [0.25, 0.3) is 0 Å². The van der Waals surface area contributed by atoms with Crippen molar-refractivity contribution in [2.24, 2.45) is 23.5 Å². The van der Waals surface area contributed by atoms with Gasteiger partial charge in [0.15, 0.2) is 0 Å². The van der Waals surface area contributed by atoms with Crippen LogP contribution in [0.1, 0.15) is 19.3 Å². The van der Waals surface area contributed by atoms with Crippen LogP contribution in [0.5, 0.6) is 0 Å². The summed E-state index contributed by atoms with van der Waals surface area (Å²) in [5.41, 5.74) is 5.49. The van der Waals surface area contributed by atoms with Crippen LogP contribution in [-0.4, -0.2) is 6.54 Å². The van der Waals surface area contributed by atoms with Gasteiger partial charge in [-0.2, -0.15) is 0 Å². The number of hydrogen-bond acceptors (Lipinski definition) is 1. The summed E-state index contributed by atoms with van der Waals surface area (Å²) in [7, 11) is 0. The zero-order valence-electron chi connectivity index (χ0n) is 5.55. The van der Waals surface area contributed by atoms with Gasteiger partial charge < -0.3 is 5.73 Å². The first kappa shape index (κ1) is 7.36. The first-order valence-electron chi connectivity index (χ1n) is 3.62. The van der Waals surface area contributed by atoms with E-state index in [1.54, 1.807) is 0 Å². The van der Waals surface area contributed by atoms with Gasteiger partial charge in [0.2, 0.25) is 0 Å². The fraction of sp³-hybridized carbons (Fsp3) is 1.00. The van der Waals surface area contributed by atoms with Gasteiger partial charge in [-0.15, -0.1) is 12.4 Å². The van der Waals surface area contributed by atoms with Crippen molar-refractivity contribution in [3.8, 4) is 0 Å². The zero-order chi connectivity index (χ0) is 5.56. The summed E-state index contributed by atoms with van der Waals surface area (Å²) < 4.78 is 0. The predicted octanol–water partition coefficient (Wildman–Crippen LogP) is 1.41. The number of halogens is 1. The Morgan fingerprint density at radius 1 is 1.33 bits per heavy atom. The lowest BCUT2D eigenvalue weighted by atomic mass is 10.2. The second-order valence-electron chi connectivity index (χ2n) is 3.23. The average molecular weight is 148 g/mol. The summed E-state index contributed by atoms with van der Waals surface area (Å²) in [6, 6.07) is 0. The molecule has 0 amide bonds. The van der Waals surface area contributed by atoms with E-state index in [-0.39, 0.29) is 12.4 Å². The Bertz CT molecular complexity index is 101. The zero-order valence-corrected chi connectivity index (χ0v) is 6.36. The monoisotopic (exact) mass is 147 g/mol. The highest BCUT2D eigenvalue weighted by Gasteiger charge is 2.46. The van der Waals surface area contributed by atoms with Crippen molar-refractivity contribution in [2.45, 2.75) is 19.3 Å². The third-order valence-corrected chi connectivity index (χ3v) is 2.51. The normalized spacial score (nSPS) is 39.7. The van der Waals surface area contributed by atoms with Crippen LogP contribution in [0, 0.1) is 17.8 Å². The summed E-state index contributed by atoms with van der Waals surface area (Å²) in [5.74, 6) is 3.12. The fourth-order valence-electron chi connectivity index (χ4n) is 1.64. The minimum Gasteiger partial charge on any atom is -0.330 e. The Balaban J connectivity index is 0.000000405. The molecule has 1 nitrogen and oxygen atoms in total. The van der Waals surface area contributed by atoms with Crippen molar-refractivity contribution in [3.63, 3.8) is 0 Å². The Morgan fingerprint density at radius 3 is 2.33 bits per heavy atom. The highest BCUT2D eigenvalue weighted by molar-refractivity contribution is 5.85. The minimum atomic E-state index is 0. The van der Waals surface area contributed by atoms with Crippen molar-refractivity contribution in [1.82, 2.24) is 0 Å². The number of nitrogens with two attached hydrogens (primary N) is 1. The van der Waals surface area contributed by atoms with Gasteiger partial charge in [-0.05, 0) is 43.6 Å². The molecule has 2 saturated carbocycles. The number of rotatable bonds is 2. The quantitative estimate of drug-likeness (QED) is 0.628. The molecule has 2 atom stereocenters. The van der Waals surface area contributed by atoms with Crippen molar-refractivity contribution in [1.29, 1.82) is 0 Å². The molecule has 0 aromatic carbocycles. The van der Waals surface area contributed by atoms with Crippen LogP contribution in [0.3, 0.4) is 0 Å². The third-order valence-electron chi connectivity index (χ3n) is 2.51. The van der Waals surface area contributed by atoms with E-state index >= 15 is 0 Å². The molecule has 0 heterocycles. The van der Waals surface area contributed by atoms with Crippen LogP contribution >= 0.6 is 12.4 Å². The maximum atomic E-state index is 5.49. The largest absolute Gasteiger partial charge is 0.330 e. The Labute approximate surface area is 62.4 Å². The molecule has 2 aliphatic rings. The first-order valence-corrected chi connectivity index (χ1v) is 3.62. The maximum Gasteiger partial charge on any atom is -0.00460 e. The maximum absolute atomic E-state index is 5.49. The molecule has 0 aromatic heterocycles. The van der Waals surface area contributed by atoms with Gasteiger partial charge in [0, 0.05) is 0 Å². The Kier molecular flexibility index (Phi) is 2.02. The van der Waals surface area contributed by atoms with E-state index in [9.17, 15) is 0 Å². The van der Waals surface area contributed by atoms with Gasteiger partial charge >= 0.3 is 0 Å². The Hall–Kier alpha value is 0.250. The van der Waals surface area contributed by atoms with Crippen molar-refractivity contribution < 1.29 is 0 Å². The van der Waals surface area contributed by atoms with Gasteiger partial charge in [-0.3, -0.25) is 0 Å². The molecule has 0 spiro atoms. The second kappa shape index (κ2) is 2.47. The molecule has 0 radical (unpaired) electrons. The first-order chi connectivity index (χ1) is 3.92. The molecule has 0 saturated heterocycles. The summed E-state index contributed by atoms with van der Waals surface area (Å²) in [4.78, 5) is 0. The molecule has 9 heavy (non-hydrogen) atoms. The standard InChI is InChI=1S/C7H13N.ClH/c8-4-6-3-7(6)5-1-2-5;/h5-7H,1-4,8H2;1H. The van der Waals surface area contributed by atoms with Gasteiger partial charge in [0.05, 0.1) is 0 Å². The molecule has 0 bridgehead atoms. The summed E-state index contributed by atoms with van der Waals surface area (Å²) in [6.45, 7) is 0.946. The lowest BCUT2D eigenvalue weighted by Crippen LogP contribution is -2.02. The SMILES string of the molecule is Cl.NCC1CC1C1CC1. The highest BCUT2D eigenvalue weighted by Crippen LogP contribution is 2.53. The van der Waals surface area contributed by atoms with E-state index in [1.165, 1.54) is 19.3 Å². The minimum absolute atomic E-state index is 0. The molecule has 2 unspecified atom stereocenters. The Morgan fingerprint density at radius 2 is 2.00 bits per heavy atom. The van der Waals surface area contributed by atoms with Crippen LogP contribution in [-0.2, 0) is 0 Å². The molecular weight excluding hydrogens is 134 g/mol. The van der Waals surface area contributed by atoms with E-state index in [0.717, 1.165) is 24.3 Å². The fourth-order valence-corrected chi connectivity index (χ4v) is 1.64. The van der Waals surface area contributed by atoms with Crippen molar-refractivity contribution in [3.05, 3.63) is 0 Å². The van der Waals surface area contributed by atoms with Crippen LogP contribution in [0.2, 0.25) is 0 Å². The summed E-state index contributed by atoms with van der Waals surface area (Å²) in [5, 5.41) is 0. The van der Waals surface area contributed by atoms with Crippen LogP contribution < -0.4 is 5.73 Å².